The minimum atomic E-state index is -0.245. The first kappa shape index (κ1) is 13.9. The van der Waals surface area contributed by atoms with Crippen LogP contribution >= 0.6 is 0 Å². The highest BCUT2D eigenvalue weighted by Crippen LogP contribution is 2.34. The summed E-state index contributed by atoms with van der Waals surface area (Å²) in [6.45, 7) is 4.42. The third-order valence-electron chi connectivity index (χ3n) is 3.78. The lowest BCUT2D eigenvalue weighted by Gasteiger charge is -2.36. The molecule has 0 amide bonds. The van der Waals surface area contributed by atoms with Crippen LogP contribution in [-0.2, 0) is 0 Å². The SMILES string of the molecule is CC(O)CN(C)CC1(CN)CCCCCC1. The average Bonchev–Trinajstić information content (AvgIpc) is 2.43. The van der Waals surface area contributed by atoms with Crippen LogP contribution in [0.3, 0.4) is 0 Å². The van der Waals surface area contributed by atoms with Gasteiger partial charge in [0, 0.05) is 13.1 Å². The van der Waals surface area contributed by atoms with Crippen molar-refractivity contribution in [3.8, 4) is 0 Å². The van der Waals surface area contributed by atoms with E-state index in [1.54, 1.807) is 0 Å². The van der Waals surface area contributed by atoms with Gasteiger partial charge in [-0.1, -0.05) is 25.7 Å². The normalized spacial score (nSPS) is 23.1. The monoisotopic (exact) mass is 228 g/mol. The van der Waals surface area contributed by atoms with Gasteiger partial charge in [0.15, 0.2) is 0 Å². The van der Waals surface area contributed by atoms with Gasteiger partial charge in [-0.3, -0.25) is 0 Å². The van der Waals surface area contributed by atoms with Gasteiger partial charge in [-0.15, -0.1) is 0 Å². The second-order valence-electron chi connectivity index (χ2n) is 5.66. The Balaban J connectivity index is 2.50. The molecule has 0 bridgehead atoms. The smallest absolute Gasteiger partial charge is 0.0638 e. The number of hydrogen-bond donors (Lipinski definition) is 2. The Morgan fingerprint density at radius 2 is 1.81 bits per heavy atom. The summed E-state index contributed by atoms with van der Waals surface area (Å²) in [7, 11) is 2.09. The average molecular weight is 228 g/mol. The van der Waals surface area contributed by atoms with Crippen LogP contribution in [0.2, 0.25) is 0 Å². The predicted octanol–water partition coefficient (Wildman–Crippen LogP) is 1.60. The molecule has 1 saturated carbocycles. The number of rotatable bonds is 5. The number of likely N-dealkylation sites (N-methyl/N-ethyl adjacent to an activating group) is 1. The molecule has 0 aromatic carbocycles. The van der Waals surface area contributed by atoms with E-state index in [9.17, 15) is 5.11 Å². The van der Waals surface area contributed by atoms with E-state index in [2.05, 4.69) is 11.9 Å². The predicted molar refractivity (Wildman–Crippen MR) is 68.4 cm³/mol. The summed E-state index contributed by atoms with van der Waals surface area (Å²) in [6, 6.07) is 0. The first-order valence-electron chi connectivity index (χ1n) is 6.65. The van der Waals surface area contributed by atoms with Crippen molar-refractivity contribution in [2.24, 2.45) is 11.1 Å². The summed E-state index contributed by atoms with van der Waals surface area (Å²) in [5.41, 5.74) is 6.30. The van der Waals surface area contributed by atoms with Crippen molar-refractivity contribution in [2.45, 2.75) is 51.6 Å². The molecule has 16 heavy (non-hydrogen) atoms. The summed E-state index contributed by atoms with van der Waals surface area (Å²) in [5, 5.41) is 9.39. The van der Waals surface area contributed by atoms with Gasteiger partial charge >= 0.3 is 0 Å². The van der Waals surface area contributed by atoms with Gasteiger partial charge in [-0.05, 0) is 38.8 Å². The Bertz CT molecular complexity index is 186. The maximum atomic E-state index is 9.39. The lowest BCUT2D eigenvalue weighted by molar-refractivity contribution is 0.0994. The van der Waals surface area contributed by atoms with Crippen LogP contribution in [0.25, 0.3) is 0 Å². The molecule has 0 aromatic heterocycles. The van der Waals surface area contributed by atoms with E-state index in [-0.39, 0.29) is 6.10 Å². The van der Waals surface area contributed by atoms with Crippen LogP contribution in [0, 0.1) is 5.41 Å². The third-order valence-corrected chi connectivity index (χ3v) is 3.78. The zero-order valence-corrected chi connectivity index (χ0v) is 10.9. The van der Waals surface area contributed by atoms with E-state index in [4.69, 9.17) is 5.73 Å². The number of aliphatic hydroxyl groups excluding tert-OH is 1. The third kappa shape index (κ3) is 4.40. The fourth-order valence-corrected chi connectivity index (χ4v) is 2.99. The fraction of sp³-hybridized carbons (Fsp3) is 1.00. The van der Waals surface area contributed by atoms with E-state index in [0.29, 0.717) is 5.41 Å². The summed E-state index contributed by atoms with van der Waals surface area (Å²) >= 11 is 0. The molecule has 3 heteroatoms. The molecule has 0 heterocycles. The molecule has 0 aromatic rings. The summed E-state index contributed by atoms with van der Waals surface area (Å²) in [5.74, 6) is 0. The Morgan fingerprint density at radius 3 is 2.25 bits per heavy atom. The molecule has 1 atom stereocenters. The lowest BCUT2D eigenvalue weighted by Crippen LogP contribution is -2.42. The molecule has 1 unspecified atom stereocenters. The standard InChI is InChI=1S/C13H28N2O/c1-12(16)9-15(2)11-13(10-14)7-5-3-4-6-8-13/h12,16H,3-11,14H2,1-2H3. The van der Waals surface area contributed by atoms with Crippen LogP contribution in [-0.4, -0.2) is 42.8 Å². The molecule has 3 nitrogen and oxygen atoms in total. The highest BCUT2D eigenvalue weighted by molar-refractivity contribution is 4.85. The molecule has 1 fully saturated rings. The first-order chi connectivity index (χ1) is 7.58. The molecule has 1 rings (SSSR count). The molecular weight excluding hydrogens is 200 g/mol. The Labute approximate surface area is 100 Å². The van der Waals surface area contributed by atoms with Crippen LogP contribution in [0.1, 0.15) is 45.4 Å². The highest BCUT2D eigenvalue weighted by Gasteiger charge is 2.30. The number of nitrogens with two attached hydrogens (primary N) is 1. The summed E-state index contributed by atoms with van der Waals surface area (Å²) in [4.78, 5) is 2.24. The topological polar surface area (TPSA) is 49.5 Å². The lowest BCUT2D eigenvalue weighted by atomic mass is 9.80. The second kappa shape index (κ2) is 6.58. The molecular formula is C13H28N2O. The van der Waals surface area contributed by atoms with Gasteiger partial charge in [0.2, 0.25) is 0 Å². The molecule has 1 aliphatic rings. The van der Waals surface area contributed by atoms with Crippen molar-refractivity contribution in [1.82, 2.24) is 4.90 Å². The van der Waals surface area contributed by atoms with Gasteiger partial charge < -0.3 is 15.7 Å². The van der Waals surface area contributed by atoms with Crippen molar-refractivity contribution in [3.05, 3.63) is 0 Å². The van der Waals surface area contributed by atoms with Crippen LogP contribution in [0.15, 0.2) is 0 Å². The largest absolute Gasteiger partial charge is 0.392 e. The van der Waals surface area contributed by atoms with Crippen molar-refractivity contribution in [3.63, 3.8) is 0 Å². The van der Waals surface area contributed by atoms with E-state index < -0.39 is 0 Å². The zero-order chi connectivity index (χ0) is 12.0. The quantitative estimate of drug-likeness (QED) is 0.703. The molecule has 3 N–H and O–H groups in total. The van der Waals surface area contributed by atoms with E-state index in [1.807, 2.05) is 6.92 Å². The summed E-state index contributed by atoms with van der Waals surface area (Å²) in [6.07, 6.45) is 7.63. The molecule has 0 spiro atoms. The minimum absolute atomic E-state index is 0.245. The van der Waals surface area contributed by atoms with Crippen molar-refractivity contribution < 1.29 is 5.11 Å². The summed E-state index contributed by atoms with van der Waals surface area (Å²) < 4.78 is 0. The molecule has 0 saturated heterocycles. The van der Waals surface area contributed by atoms with Crippen molar-refractivity contribution in [1.29, 1.82) is 0 Å². The maximum absolute atomic E-state index is 9.39. The molecule has 0 radical (unpaired) electrons. The molecule has 96 valence electrons. The van der Waals surface area contributed by atoms with Crippen LogP contribution in [0.5, 0.6) is 0 Å². The van der Waals surface area contributed by atoms with Crippen molar-refractivity contribution >= 4 is 0 Å². The fourth-order valence-electron chi connectivity index (χ4n) is 2.99. The minimum Gasteiger partial charge on any atom is -0.392 e. The van der Waals surface area contributed by atoms with Gasteiger partial charge in [-0.25, -0.2) is 0 Å². The molecule has 1 aliphatic carbocycles. The highest BCUT2D eigenvalue weighted by atomic mass is 16.3. The Hall–Kier alpha value is -0.120. The van der Waals surface area contributed by atoms with Crippen LogP contribution < -0.4 is 5.73 Å². The van der Waals surface area contributed by atoms with Gasteiger partial charge in [0.05, 0.1) is 6.10 Å². The zero-order valence-electron chi connectivity index (χ0n) is 10.9. The van der Waals surface area contributed by atoms with E-state index in [1.165, 1.54) is 38.5 Å². The van der Waals surface area contributed by atoms with Crippen molar-refractivity contribution in [2.75, 3.05) is 26.7 Å². The number of hydrogen-bond acceptors (Lipinski definition) is 3. The number of aliphatic hydroxyl groups is 1. The Kier molecular flexibility index (Phi) is 5.73. The van der Waals surface area contributed by atoms with Gasteiger partial charge in [0.25, 0.3) is 0 Å². The van der Waals surface area contributed by atoms with Gasteiger partial charge in [0.1, 0.15) is 0 Å². The van der Waals surface area contributed by atoms with E-state index >= 15 is 0 Å². The van der Waals surface area contributed by atoms with E-state index in [0.717, 1.165) is 19.6 Å². The first-order valence-corrected chi connectivity index (χ1v) is 6.65. The molecule has 0 aliphatic heterocycles. The van der Waals surface area contributed by atoms with Crippen LogP contribution in [0.4, 0.5) is 0 Å². The second-order valence-corrected chi connectivity index (χ2v) is 5.66. The van der Waals surface area contributed by atoms with Gasteiger partial charge in [-0.2, -0.15) is 0 Å². The Morgan fingerprint density at radius 1 is 1.25 bits per heavy atom. The maximum Gasteiger partial charge on any atom is 0.0638 e. The number of nitrogens with zero attached hydrogens (tertiary/aromatic N) is 1.